The predicted molar refractivity (Wildman–Crippen MR) is 123 cm³/mol. The van der Waals surface area contributed by atoms with Crippen LogP contribution in [0, 0.1) is 0 Å². The van der Waals surface area contributed by atoms with E-state index in [-0.39, 0.29) is 6.04 Å². The number of imidazole rings is 1. The van der Waals surface area contributed by atoms with Crippen LogP contribution < -0.4 is 4.72 Å². The first kappa shape index (κ1) is 21.1. The van der Waals surface area contributed by atoms with Gasteiger partial charge in [0, 0.05) is 12.0 Å². The summed E-state index contributed by atoms with van der Waals surface area (Å²) in [5.41, 5.74) is 4.39. The number of aromatic nitrogens is 2. The van der Waals surface area contributed by atoms with Crippen LogP contribution in [-0.2, 0) is 10.0 Å². The Labute approximate surface area is 179 Å². The maximum atomic E-state index is 12.6. The van der Waals surface area contributed by atoms with E-state index in [0.29, 0.717) is 12.3 Å². The second-order valence-corrected chi connectivity index (χ2v) is 11.4. The highest BCUT2D eigenvalue weighted by Crippen LogP contribution is 2.34. The molecule has 0 bridgehead atoms. The van der Waals surface area contributed by atoms with E-state index in [4.69, 9.17) is 4.98 Å². The Morgan fingerprint density at radius 3 is 2.40 bits per heavy atom. The molecule has 1 saturated carbocycles. The van der Waals surface area contributed by atoms with E-state index in [2.05, 4.69) is 40.0 Å². The van der Waals surface area contributed by atoms with E-state index < -0.39 is 14.8 Å². The lowest BCUT2D eigenvalue weighted by atomic mass is 9.86. The molecule has 160 valence electrons. The van der Waals surface area contributed by atoms with Gasteiger partial charge in [-0.1, -0.05) is 43.3 Å². The van der Waals surface area contributed by atoms with E-state index in [1.54, 1.807) is 13.8 Å². The minimum atomic E-state index is -3.32. The maximum Gasteiger partial charge on any atom is 0.217 e. The van der Waals surface area contributed by atoms with Gasteiger partial charge in [-0.2, -0.15) is 0 Å². The molecule has 0 saturated heterocycles. The summed E-state index contributed by atoms with van der Waals surface area (Å²) >= 11 is 0. The van der Waals surface area contributed by atoms with E-state index in [0.717, 1.165) is 48.1 Å². The highest BCUT2D eigenvalue weighted by molar-refractivity contribution is 7.90. The smallest absolute Gasteiger partial charge is 0.217 e. The third kappa shape index (κ3) is 4.16. The van der Waals surface area contributed by atoms with Crippen LogP contribution >= 0.6 is 0 Å². The summed E-state index contributed by atoms with van der Waals surface area (Å²) in [5.74, 6) is 1.36. The van der Waals surface area contributed by atoms with Gasteiger partial charge in [-0.3, -0.25) is 0 Å². The fourth-order valence-electron chi connectivity index (χ4n) is 4.08. The molecule has 1 aliphatic carbocycles. The Morgan fingerprint density at radius 1 is 1.03 bits per heavy atom. The third-order valence-electron chi connectivity index (χ3n) is 6.62. The molecule has 0 atom stereocenters. The van der Waals surface area contributed by atoms with Gasteiger partial charge in [0.25, 0.3) is 0 Å². The zero-order valence-corrected chi connectivity index (χ0v) is 18.8. The predicted octanol–water partition coefficient (Wildman–Crippen LogP) is 5.36. The van der Waals surface area contributed by atoms with Crippen molar-refractivity contribution in [2.75, 3.05) is 0 Å². The first-order valence-electron chi connectivity index (χ1n) is 10.9. The molecule has 1 aliphatic rings. The van der Waals surface area contributed by atoms with Gasteiger partial charge in [0.2, 0.25) is 10.0 Å². The van der Waals surface area contributed by atoms with Gasteiger partial charge in [-0.25, -0.2) is 18.1 Å². The minimum absolute atomic E-state index is 0.0196. The Balaban J connectivity index is 1.45. The topological polar surface area (TPSA) is 74.8 Å². The lowest BCUT2D eigenvalue weighted by Gasteiger charge is -2.31. The van der Waals surface area contributed by atoms with E-state index in [1.807, 2.05) is 25.1 Å². The molecular weight excluding hydrogens is 394 g/mol. The summed E-state index contributed by atoms with van der Waals surface area (Å²) in [6.45, 7) is 5.50. The van der Waals surface area contributed by atoms with Crippen molar-refractivity contribution in [2.45, 2.75) is 69.6 Å². The lowest BCUT2D eigenvalue weighted by molar-refractivity contribution is 0.363. The quantitative estimate of drug-likeness (QED) is 0.558. The van der Waals surface area contributed by atoms with Gasteiger partial charge in [0.15, 0.2) is 0 Å². The van der Waals surface area contributed by atoms with Crippen LogP contribution in [0.3, 0.4) is 0 Å². The molecule has 0 unspecified atom stereocenters. The van der Waals surface area contributed by atoms with Crippen LogP contribution in [0.4, 0.5) is 0 Å². The van der Waals surface area contributed by atoms with Crippen molar-refractivity contribution < 1.29 is 8.42 Å². The number of hydrogen-bond acceptors (Lipinski definition) is 3. The number of sulfonamides is 1. The summed E-state index contributed by atoms with van der Waals surface area (Å²) in [5, 5.41) is 0. The van der Waals surface area contributed by atoms with Crippen LogP contribution in [0.5, 0.6) is 0 Å². The number of nitrogens with one attached hydrogen (secondary N) is 2. The second-order valence-electron chi connectivity index (χ2n) is 9.00. The molecule has 0 aliphatic heterocycles. The largest absolute Gasteiger partial charge is 0.342 e. The van der Waals surface area contributed by atoms with Gasteiger partial charge >= 0.3 is 0 Å². The number of rotatable bonds is 6. The molecule has 1 heterocycles. The zero-order chi connectivity index (χ0) is 21.4. The van der Waals surface area contributed by atoms with Gasteiger partial charge in [0.1, 0.15) is 5.82 Å². The van der Waals surface area contributed by atoms with Gasteiger partial charge in [-0.15, -0.1) is 0 Å². The highest BCUT2D eigenvalue weighted by Gasteiger charge is 2.35. The van der Waals surface area contributed by atoms with Crippen LogP contribution in [0.2, 0.25) is 0 Å². The Hall–Kier alpha value is -2.18. The number of fused-ring (bicyclic) bond motifs is 1. The number of nitrogens with zero attached hydrogens (tertiary/aromatic N) is 1. The molecule has 0 spiro atoms. The molecule has 1 fully saturated rings. The average molecular weight is 426 g/mol. The Morgan fingerprint density at radius 2 is 1.73 bits per heavy atom. The first-order chi connectivity index (χ1) is 14.3. The van der Waals surface area contributed by atoms with Crippen LogP contribution in [-0.4, -0.2) is 29.2 Å². The summed E-state index contributed by atoms with van der Waals surface area (Å²) in [4.78, 5) is 8.37. The maximum absolute atomic E-state index is 12.6. The van der Waals surface area contributed by atoms with Crippen molar-refractivity contribution in [3.8, 4) is 11.1 Å². The Bertz CT molecular complexity index is 1110. The SMILES string of the molecule is CCC(C)(C)S(=O)(=O)N[C@H]1CC[C@H](c2nc3cc(-c4ccccc4)ccc3[nH]2)CC1. The van der Waals surface area contributed by atoms with E-state index >= 15 is 0 Å². The number of H-pyrrole nitrogens is 1. The van der Waals surface area contributed by atoms with Crippen molar-refractivity contribution >= 4 is 21.1 Å². The molecule has 5 nitrogen and oxygen atoms in total. The molecule has 4 rings (SSSR count). The number of benzene rings is 2. The average Bonchev–Trinajstić information content (AvgIpc) is 3.18. The first-order valence-corrected chi connectivity index (χ1v) is 12.3. The van der Waals surface area contributed by atoms with Crippen molar-refractivity contribution in [1.82, 2.24) is 14.7 Å². The van der Waals surface area contributed by atoms with Crippen molar-refractivity contribution in [2.24, 2.45) is 0 Å². The van der Waals surface area contributed by atoms with E-state index in [1.165, 1.54) is 5.56 Å². The summed E-state index contributed by atoms with van der Waals surface area (Å²) in [7, 11) is -3.32. The summed E-state index contributed by atoms with van der Waals surface area (Å²) in [6.07, 6.45) is 4.16. The normalized spacial score (nSPS) is 20.5. The number of aromatic amines is 1. The fourth-order valence-corrected chi connectivity index (χ4v) is 5.46. The third-order valence-corrected chi connectivity index (χ3v) is 9.01. The summed E-state index contributed by atoms with van der Waals surface area (Å²) in [6, 6.07) is 16.7. The monoisotopic (exact) mass is 425 g/mol. The highest BCUT2D eigenvalue weighted by atomic mass is 32.2. The number of hydrogen-bond donors (Lipinski definition) is 2. The Kier molecular flexibility index (Phi) is 5.73. The van der Waals surface area contributed by atoms with Crippen LogP contribution in [0.25, 0.3) is 22.2 Å². The molecule has 2 N–H and O–H groups in total. The molecule has 30 heavy (non-hydrogen) atoms. The van der Waals surface area contributed by atoms with Gasteiger partial charge in [0.05, 0.1) is 15.8 Å². The molecule has 0 amide bonds. The van der Waals surface area contributed by atoms with E-state index in [9.17, 15) is 8.42 Å². The standard InChI is InChI=1S/C24H31N3O2S/c1-4-24(2,3)30(28,29)27-20-13-10-18(11-14-20)23-25-21-15-12-19(16-22(21)26-23)17-8-6-5-7-9-17/h5-9,12,15-16,18,20,27H,4,10-11,13-14H2,1-3H3,(H,25,26)/t18-,20-. The minimum Gasteiger partial charge on any atom is -0.342 e. The van der Waals surface area contributed by atoms with Crippen molar-refractivity contribution in [1.29, 1.82) is 0 Å². The van der Waals surface area contributed by atoms with Crippen LogP contribution in [0.1, 0.15) is 64.6 Å². The van der Waals surface area contributed by atoms with Gasteiger partial charge < -0.3 is 4.98 Å². The van der Waals surface area contributed by atoms with Crippen LogP contribution in [0.15, 0.2) is 48.5 Å². The van der Waals surface area contributed by atoms with Crippen molar-refractivity contribution in [3.05, 3.63) is 54.4 Å². The molecule has 2 aromatic carbocycles. The molecule has 1 aromatic heterocycles. The fraction of sp³-hybridized carbons (Fsp3) is 0.458. The lowest BCUT2D eigenvalue weighted by Crippen LogP contribution is -2.46. The van der Waals surface area contributed by atoms with Gasteiger partial charge in [-0.05, 0) is 69.2 Å². The molecule has 0 radical (unpaired) electrons. The molecule has 3 aromatic rings. The summed E-state index contributed by atoms with van der Waals surface area (Å²) < 4.78 is 27.5. The second kappa shape index (κ2) is 8.16. The molecule has 6 heteroatoms. The zero-order valence-electron chi connectivity index (χ0n) is 18.0. The molecular formula is C24H31N3O2S. The van der Waals surface area contributed by atoms with Crippen molar-refractivity contribution in [3.63, 3.8) is 0 Å².